The van der Waals surface area contributed by atoms with Crippen molar-refractivity contribution < 1.29 is 42.7 Å². The molecule has 3 aromatic carbocycles. The van der Waals surface area contributed by atoms with Crippen LogP contribution in [0.3, 0.4) is 0 Å². The monoisotopic (exact) mass is 671 g/mol. The van der Waals surface area contributed by atoms with E-state index in [4.69, 9.17) is 37.9 Å². The van der Waals surface area contributed by atoms with Crippen LogP contribution in [0.4, 0.5) is 0 Å². The Labute approximate surface area is 287 Å². The molecular formula is C39H45NO9. The lowest BCUT2D eigenvalue weighted by Crippen LogP contribution is -2.71. The van der Waals surface area contributed by atoms with Gasteiger partial charge in [-0.05, 0) is 44.4 Å². The number of β-lactam (4-membered cyclic amide) rings is 1. The Morgan fingerprint density at radius 2 is 1.10 bits per heavy atom. The van der Waals surface area contributed by atoms with Crippen LogP contribution in [-0.2, 0) is 62.5 Å². The molecule has 0 unspecified atom stereocenters. The Bertz CT molecular complexity index is 1590. The molecule has 260 valence electrons. The molecule has 5 saturated heterocycles. The molecule has 49 heavy (non-hydrogen) atoms. The molecule has 0 saturated carbocycles. The first-order valence-corrected chi connectivity index (χ1v) is 17.3. The first-order chi connectivity index (χ1) is 23.7. The quantitative estimate of drug-likeness (QED) is 0.262. The molecule has 1 amide bonds. The van der Waals surface area contributed by atoms with Crippen LogP contribution in [-0.4, -0.2) is 84.0 Å². The molecule has 10 atom stereocenters. The molecule has 5 fully saturated rings. The minimum absolute atomic E-state index is 0.0499. The van der Waals surface area contributed by atoms with E-state index in [0.717, 1.165) is 16.7 Å². The van der Waals surface area contributed by atoms with Gasteiger partial charge in [-0.3, -0.25) is 4.79 Å². The number of ether oxygens (including phenoxy) is 8. The summed E-state index contributed by atoms with van der Waals surface area (Å²) in [5.74, 6) is -2.39. The van der Waals surface area contributed by atoms with Gasteiger partial charge in [0.15, 0.2) is 17.9 Å². The van der Waals surface area contributed by atoms with Crippen LogP contribution in [0.5, 0.6) is 0 Å². The normalized spacial score (nSPS) is 35.4. The lowest BCUT2D eigenvalue weighted by Gasteiger charge is -2.52. The third-order valence-corrected chi connectivity index (χ3v) is 10.1. The van der Waals surface area contributed by atoms with E-state index in [2.05, 4.69) is 0 Å². The number of carbonyl (C=O) groups excluding carboxylic acids is 1. The van der Waals surface area contributed by atoms with E-state index in [-0.39, 0.29) is 24.6 Å². The standard InChI is InChI=1S/C39H45NO9/c1-38(2)46-33-31(45-37-35(34(33)47-38)48-39(3,4)49-37)28-29-32(44-22-26-18-12-7-13-19-26)30(43-21-25-16-10-6-11-17-25)27(40(29)36(28)41)23-42-20-24-14-8-5-9-15-24/h5-19,27-35,37H,20-23H2,1-4H3/t27-,28+,29-,30-,31-,32-,33+,34+,35-,37-/m1/s1. The number of fused-ring (bicyclic) bond motifs is 4. The van der Waals surface area contributed by atoms with Crippen molar-refractivity contribution in [3.8, 4) is 0 Å². The third kappa shape index (κ3) is 6.45. The van der Waals surface area contributed by atoms with Crippen molar-refractivity contribution in [2.24, 2.45) is 5.92 Å². The van der Waals surface area contributed by atoms with Crippen LogP contribution in [0.15, 0.2) is 91.0 Å². The first kappa shape index (κ1) is 33.0. The zero-order valence-electron chi connectivity index (χ0n) is 28.4. The lowest BCUT2D eigenvalue weighted by molar-refractivity contribution is -0.259. The van der Waals surface area contributed by atoms with Crippen LogP contribution in [0.25, 0.3) is 0 Å². The summed E-state index contributed by atoms with van der Waals surface area (Å²) in [5, 5.41) is 0. The summed E-state index contributed by atoms with van der Waals surface area (Å²) in [6.45, 7) is 8.90. The zero-order valence-corrected chi connectivity index (χ0v) is 28.4. The summed E-state index contributed by atoms with van der Waals surface area (Å²) in [4.78, 5) is 16.4. The highest BCUT2D eigenvalue weighted by molar-refractivity contribution is 5.88. The largest absolute Gasteiger partial charge is 0.375 e. The van der Waals surface area contributed by atoms with Gasteiger partial charge in [0.1, 0.15) is 36.6 Å². The molecule has 5 aliphatic heterocycles. The fourth-order valence-corrected chi connectivity index (χ4v) is 8.12. The first-order valence-electron chi connectivity index (χ1n) is 17.3. The van der Waals surface area contributed by atoms with Gasteiger partial charge in [-0.2, -0.15) is 0 Å². The molecule has 0 spiro atoms. The van der Waals surface area contributed by atoms with Crippen LogP contribution in [0.1, 0.15) is 44.4 Å². The maximum absolute atomic E-state index is 14.5. The number of hydrogen-bond donors (Lipinski definition) is 0. The summed E-state index contributed by atoms with van der Waals surface area (Å²) in [7, 11) is 0. The second kappa shape index (κ2) is 13.2. The van der Waals surface area contributed by atoms with E-state index in [0.29, 0.717) is 19.8 Å². The average molecular weight is 672 g/mol. The Morgan fingerprint density at radius 1 is 0.612 bits per heavy atom. The minimum atomic E-state index is -0.886. The van der Waals surface area contributed by atoms with Crippen molar-refractivity contribution >= 4 is 5.91 Å². The topological polar surface area (TPSA) is 94.2 Å². The SMILES string of the molecule is CC1(C)O[C@@H]2[C@H](O1)[C@H]1OC(C)(C)O[C@H]1O[C@@H]2[C@H]1C(=O)N2[C@H]1[C@@H](OCc1ccccc1)[C@H](OCc1ccccc1)[C@H]2COCc1ccccc1. The van der Waals surface area contributed by atoms with E-state index >= 15 is 0 Å². The molecule has 0 radical (unpaired) electrons. The lowest BCUT2D eigenvalue weighted by atomic mass is 9.77. The minimum Gasteiger partial charge on any atom is -0.375 e. The Morgan fingerprint density at radius 3 is 1.69 bits per heavy atom. The number of carbonyl (C=O) groups is 1. The molecule has 8 rings (SSSR count). The van der Waals surface area contributed by atoms with Crippen molar-refractivity contribution in [1.82, 2.24) is 4.90 Å². The van der Waals surface area contributed by atoms with Gasteiger partial charge in [0.05, 0.1) is 44.4 Å². The molecule has 0 bridgehead atoms. The molecule has 3 aromatic rings. The van der Waals surface area contributed by atoms with Crippen LogP contribution >= 0.6 is 0 Å². The third-order valence-electron chi connectivity index (χ3n) is 10.1. The van der Waals surface area contributed by atoms with Gasteiger partial charge in [-0.15, -0.1) is 0 Å². The highest BCUT2D eigenvalue weighted by atomic mass is 16.9. The number of rotatable bonds is 11. The molecule has 5 heterocycles. The highest BCUT2D eigenvalue weighted by Crippen LogP contribution is 2.52. The van der Waals surface area contributed by atoms with E-state index in [1.807, 2.05) is 124 Å². The molecule has 0 aromatic heterocycles. The predicted octanol–water partition coefficient (Wildman–Crippen LogP) is 4.98. The second-order valence-corrected chi connectivity index (χ2v) is 14.5. The smallest absolute Gasteiger partial charge is 0.231 e. The fraction of sp³-hybridized carbons (Fsp3) is 0.513. The van der Waals surface area contributed by atoms with Crippen molar-refractivity contribution in [3.05, 3.63) is 108 Å². The van der Waals surface area contributed by atoms with Gasteiger partial charge in [0.25, 0.3) is 0 Å². The number of amides is 1. The maximum atomic E-state index is 14.5. The van der Waals surface area contributed by atoms with Crippen molar-refractivity contribution in [2.45, 2.75) is 114 Å². The summed E-state index contributed by atoms with van der Waals surface area (Å²) < 4.78 is 51.9. The van der Waals surface area contributed by atoms with E-state index in [9.17, 15) is 4.79 Å². The Balaban J connectivity index is 1.11. The zero-order chi connectivity index (χ0) is 33.8. The number of nitrogens with zero attached hydrogens (tertiary/aromatic N) is 1. The van der Waals surface area contributed by atoms with Gasteiger partial charge in [0.2, 0.25) is 5.91 Å². The van der Waals surface area contributed by atoms with E-state index < -0.39 is 60.4 Å². The van der Waals surface area contributed by atoms with E-state index in [1.54, 1.807) is 0 Å². The molecule has 0 aliphatic carbocycles. The summed E-state index contributed by atoms with van der Waals surface area (Å²) in [6, 6.07) is 29.4. The van der Waals surface area contributed by atoms with Gasteiger partial charge < -0.3 is 42.8 Å². The maximum Gasteiger partial charge on any atom is 0.231 e. The average Bonchev–Trinajstić information content (AvgIpc) is 3.69. The molecule has 0 N–H and O–H groups in total. The van der Waals surface area contributed by atoms with Crippen molar-refractivity contribution in [2.75, 3.05) is 6.61 Å². The Hall–Kier alpha value is -3.19. The second-order valence-electron chi connectivity index (χ2n) is 14.5. The van der Waals surface area contributed by atoms with E-state index in [1.165, 1.54) is 0 Å². The van der Waals surface area contributed by atoms with Crippen LogP contribution in [0.2, 0.25) is 0 Å². The van der Waals surface area contributed by atoms with Gasteiger partial charge in [-0.25, -0.2) is 0 Å². The Kier molecular flexibility index (Phi) is 8.86. The molecule has 10 heteroatoms. The van der Waals surface area contributed by atoms with Crippen LogP contribution in [0, 0.1) is 5.92 Å². The molecular weight excluding hydrogens is 626 g/mol. The van der Waals surface area contributed by atoms with Crippen LogP contribution < -0.4 is 0 Å². The number of hydrogen-bond acceptors (Lipinski definition) is 9. The number of benzene rings is 3. The van der Waals surface area contributed by atoms with Crippen molar-refractivity contribution in [3.63, 3.8) is 0 Å². The highest BCUT2D eigenvalue weighted by Gasteiger charge is 2.71. The molecule has 5 aliphatic rings. The van der Waals surface area contributed by atoms with Crippen molar-refractivity contribution in [1.29, 1.82) is 0 Å². The summed E-state index contributed by atoms with van der Waals surface area (Å²) in [6.07, 6.45) is -3.79. The summed E-state index contributed by atoms with van der Waals surface area (Å²) in [5.41, 5.74) is 3.13. The van der Waals surface area contributed by atoms with Gasteiger partial charge in [0, 0.05) is 0 Å². The summed E-state index contributed by atoms with van der Waals surface area (Å²) >= 11 is 0. The fourth-order valence-electron chi connectivity index (χ4n) is 8.12. The predicted molar refractivity (Wildman–Crippen MR) is 177 cm³/mol. The van der Waals surface area contributed by atoms with Gasteiger partial charge in [-0.1, -0.05) is 91.0 Å². The van der Waals surface area contributed by atoms with Gasteiger partial charge >= 0.3 is 0 Å². The molecule has 10 nitrogen and oxygen atoms in total.